The molecule has 0 unspecified atom stereocenters. The van der Waals surface area contributed by atoms with Crippen molar-refractivity contribution in [3.05, 3.63) is 16.6 Å². The van der Waals surface area contributed by atoms with Crippen LogP contribution in [0.5, 0.6) is 0 Å². The van der Waals surface area contributed by atoms with Gasteiger partial charge in [-0.05, 0) is 28.1 Å². The first-order valence-corrected chi connectivity index (χ1v) is 11.0. The smallest absolute Gasteiger partial charge is 0.214 e. The summed E-state index contributed by atoms with van der Waals surface area (Å²) in [6.07, 6.45) is 0. The van der Waals surface area contributed by atoms with E-state index in [9.17, 15) is 64.8 Å². The number of benzene rings is 1. The fraction of sp³-hybridized carbons (Fsp3) is 0.333. The summed E-state index contributed by atoms with van der Waals surface area (Å²) in [5.74, 6) is 0. The lowest BCUT2D eigenvalue weighted by atomic mass is 10.4. The summed E-state index contributed by atoms with van der Waals surface area (Å²) in [5, 5.41) is 0. The average Bonchev–Trinajstić information content (AvgIpc) is 2.42. The van der Waals surface area contributed by atoms with Gasteiger partial charge in [0.1, 0.15) is 9.79 Å². The lowest BCUT2D eigenvalue weighted by Crippen LogP contribution is -2.33. The van der Waals surface area contributed by atoms with Crippen molar-refractivity contribution in [3.8, 4) is 0 Å². The number of alkyl halides is 9. The Balaban J connectivity index is 4.45. The van der Waals surface area contributed by atoms with Crippen LogP contribution in [0.4, 0.5) is 39.5 Å². The molecule has 0 amide bonds. The standard InChI is InChI=1S/C9H2BrF9O6S3/c10-3-1-2-4(26(20,21)7(11,12)13)6(28(24,25)9(17,18)19)5(3)27(22,23)8(14,15)16/h1-2H. The SMILES string of the molecule is O=S(=O)(c1ccc(Br)c(S(=O)(=O)C(F)(F)F)c1S(=O)(=O)C(F)(F)F)C(F)(F)F. The van der Waals surface area contributed by atoms with E-state index in [2.05, 4.69) is 0 Å². The Morgan fingerprint density at radius 3 is 1.21 bits per heavy atom. The van der Waals surface area contributed by atoms with Gasteiger partial charge in [0.15, 0.2) is 0 Å². The molecule has 0 aliphatic carbocycles. The second kappa shape index (κ2) is 6.73. The third-order valence-corrected chi connectivity index (χ3v) is 8.62. The fourth-order valence-corrected chi connectivity index (χ4v) is 6.75. The molecule has 1 rings (SSSR count). The van der Waals surface area contributed by atoms with E-state index in [4.69, 9.17) is 0 Å². The van der Waals surface area contributed by atoms with E-state index in [0.717, 1.165) is 0 Å². The van der Waals surface area contributed by atoms with Crippen LogP contribution in [0.2, 0.25) is 0 Å². The molecule has 28 heavy (non-hydrogen) atoms. The van der Waals surface area contributed by atoms with Crippen molar-refractivity contribution in [2.75, 3.05) is 0 Å². The number of halogens is 10. The number of hydrogen-bond donors (Lipinski definition) is 0. The van der Waals surface area contributed by atoms with Gasteiger partial charge in [-0.2, -0.15) is 39.5 Å². The molecule has 1 aromatic rings. The molecule has 19 heteroatoms. The molecule has 0 spiro atoms. The molecule has 0 N–H and O–H groups in total. The van der Waals surface area contributed by atoms with E-state index in [0.29, 0.717) is 0 Å². The molecule has 0 aromatic heterocycles. The Morgan fingerprint density at radius 1 is 0.571 bits per heavy atom. The van der Waals surface area contributed by atoms with Crippen LogP contribution in [0.1, 0.15) is 0 Å². The van der Waals surface area contributed by atoms with Crippen molar-refractivity contribution < 1.29 is 64.8 Å². The van der Waals surface area contributed by atoms with Gasteiger partial charge in [0, 0.05) is 4.47 Å². The highest BCUT2D eigenvalue weighted by Crippen LogP contribution is 2.46. The molecule has 0 aliphatic rings. The van der Waals surface area contributed by atoms with Crippen molar-refractivity contribution >= 4 is 45.4 Å². The highest BCUT2D eigenvalue weighted by molar-refractivity contribution is 9.10. The van der Waals surface area contributed by atoms with E-state index in [1.807, 2.05) is 15.9 Å². The molecule has 0 saturated carbocycles. The summed E-state index contributed by atoms with van der Waals surface area (Å²) in [7, 11) is -21.4. The first kappa shape index (κ1) is 25.0. The molecule has 162 valence electrons. The summed E-state index contributed by atoms with van der Waals surface area (Å²) in [4.78, 5) is -8.94. The van der Waals surface area contributed by atoms with Crippen molar-refractivity contribution in [1.82, 2.24) is 0 Å². The van der Waals surface area contributed by atoms with Crippen molar-refractivity contribution in [1.29, 1.82) is 0 Å². The third-order valence-electron chi connectivity index (χ3n) is 2.77. The quantitative estimate of drug-likeness (QED) is 0.533. The number of sulfone groups is 3. The molecular formula is C9H2BrF9O6S3. The van der Waals surface area contributed by atoms with Crippen molar-refractivity contribution in [3.63, 3.8) is 0 Å². The van der Waals surface area contributed by atoms with Gasteiger partial charge in [-0.15, -0.1) is 0 Å². The molecule has 0 saturated heterocycles. The topological polar surface area (TPSA) is 102 Å². The van der Waals surface area contributed by atoms with Gasteiger partial charge in [0.2, 0.25) is 0 Å². The van der Waals surface area contributed by atoms with Crippen LogP contribution >= 0.6 is 15.9 Å². The zero-order valence-electron chi connectivity index (χ0n) is 12.1. The van der Waals surface area contributed by atoms with Crippen LogP contribution in [-0.2, 0) is 29.5 Å². The van der Waals surface area contributed by atoms with Gasteiger partial charge in [-0.3, -0.25) is 0 Å². The summed E-state index contributed by atoms with van der Waals surface area (Å²) in [6, 6.07) is -0.520. The first-order chi connectivity index (χ1) is 12.0. The third kappa shape index (κ3) is 3.84. The summed E-state index contributed by atoms with van der Waals surface area (Å²) < 4.78 is 182. The maximum Gasteiger partial charge on any atom is 0.502 e. The van der Waals surface area contributed by atoms with Gasteiger partial charge in [-0.25, -0.2) is 25.3 Å². The predicted molar refractivity (Wildman–Crippen MR) is 73.9 cm³/mol. The maximum absolute atomic E-state index is 12.8. The van der Waals surface area contributed by atoms with Crippen LogP contribution in [0.15, 0.2) is 31.3 Å². The molecule has 1 aromatic carbocycles. The minimum Gasteiger partial charge on any atom is -0.214 e. The summed E-state index contributed by atoms with van der Waals surface area (Å²) >= 11 is 2.00. The van der Waals surface area contributed by atoms with Crippen molar-refractivity contribution in [2.45, 2.75) is 31.2 Å². The van der Waals surface area contributed by atoms with Gasteiger partial charge in [0.25, 0.3) is 29.5 Å². The largest absolute Gasteiger partial charge is 0.502 e. The monoisotopic (exact) mass is 552 g/mol. The van der Waals surface area contributed by atoms with Crippen LogP contribution in [0.3, 0.4) is 0 Å². The van der Waals surface area contributed by atoms with Crippen LogP contribution in [0.25, 0.3) is 0 Å². The van der Waals surface area contributed by atoms with E-state index < -0.39 is 71.3 Å². The van der Waals surface area contributed by atoms with Gasteiger partial charge in [-0.1, -0.05) is 0 Å². The van der Waals surface area contributed by atoms with Crippen molar-refractivity contribution in [2.24, 2.45) is 0 Å². The van der Waals surface area contributed by atoms with Crippen LogP contribution in [0, 0.1) is 0 Å². The highest BCUT2D eigenvalue weighted by atomic mass is 79.9. The van der Waals surface area contributed by atoms with Crippen LogP contribution < -0.4 is 0 Å². The average molecular weight is 553 g/mol. The summed E-state index contributed by atoms with van der Waals surface area (Å²) in [5.41, 5.74) is -19.6. The Hall–Kier alpha value is -1.08. The lowest BCUT2D eigenvalue weighted by Gasteiger charge is -2.19. The summed E-state index contributed by atoms with van der Waals surface area (Å²) in [6.45, 7) is 0. The molecule has 0 heterocycles. The Kier molecular flexibility index (Phi) is 6.00. The van der Waals surface area contributed by atoms with Gasteiger partial charge in [0.05, 0.1) is 4.90 Å². The van der Waals surface area contributed by atoms with E-state index >= 15 is 0 Å². The second-order valence-corrected chi connectivity index (χ2v) is 11.1. The molecular weight excluding hydrogens is 551 g/mol. The van der Waals surface area contributed by atoms with E-state index in [1.165, 1.54) is 0 Å². The minimum absolute atomic E-state index is 0.0906. The highest BCUT2D eigenvalue weighted by Gasteiger charge is 2.59. The molecule has 0 bridgehead atoms. The molecule has 6 nitrogen and oxygen atoms in total. The normalized spacial score (nSPS) is 14.9. The Morgan fingerprint density at radius 2 is 0.893 bits per heavy atom. The Bertz CT molecular complexity index is 1110. The molecule has 0 aliphatic heterocycles. The zero-order chi connectivity index (χ0) is 22.7. The minimum atomic E-state index is -7.34. The van der Waals surface area contributed by atoms with Crippen LogP contribution in [-0.4, -0.2) is 41.8 Å². The van der Waals surface area contributed by atoms with Gasteiger partial charge < -0.3 is 0 Å². The van der Waals surface area contributed by atoms with Gasteiger partial charge >= 0.3 is 16.5 Å². The fourth-order valence-electron chi connectivity index (χ4n) is 1.59. The van der Waals surface area contributed by atoms with E-state index in [1.54, 1.807) is 0 Å². The maximum atomic E-state index is 12.8. The second-order valence-electron chi connectivity index (χ2n) is 4.55. The zero-order valence-corrected chi connectivity index (χ0v) is 16.1. The number of hydrogen-bond acceptors (Lipinski definition) is 6. The lowest BCUT2D eigenvalue weighted by molar-refractivity contribution is -0.0465. The first-order valence-electron chi connectivity index (χ1n) is 5.78. The predicted octanol–water partition coefficient (Wildman–Crippen LogP) is 3.33. The van der Waals surface area contributed by atoms with E-state index in [-0.39, 0.29) is 6.07 Å². The molecule has 0 atom stereocenters. The molecule has 0 radical (unpaired) electrons. The number of rotatable bonds is 3. The Labute approximate surface area is 158 Å². The molecule has 0 fully saturated rings.